The predicted octanol–water partition coefficient (Wildman–Crippen LogP) is 2.82. The van der Waals surface area contributed by atoms with E-state index in [2.05, 4.69) is 26.6 Å². The van der Waals surface area contributed by atoms with Gasteiger partial charge in [0.15, 0.2) is 0 Å². The summed E-state index contributed by atoms with van der Waals surface area (Å²) in [5.41, 5.74) is 1.64. The molecule has 90 valence electrons. The molecule has 1 saturated carbocycles. The van der Waals surface area contributed by atoms with Gasteiger partial charge >= 0.3 is 6.03 Å². The van der Waals surface area contributed by atoms with Crippen LogP contribution < -0.4 is 10.6 Å². The lowest BCUT2D eigenvalue weighted by atomic mass is 10.2. The van der Waals surface area contributed by atoms with E-state index in [1.807, 2.05) is 19.1 Å². The van der Waals surface area contributed by atoms with Gasteiger partial charge in [0.05, 0.1) is 0 Å². The van der Waals surface area contributed by atoms with Crippen molar-refractivity contribution in [3.05, 3.63) is 28.2 Å². The normalized spacial score (nSPS) is 14.2. The number of carbonyl (C=O) groups excluding carboxylic acids is 2. The van der Waals surface area contributed by atoms with Crippen LogP contribution in [0.2, 0.25) is 0 Å². The van der Waals surface area contributed by atoms with E-state index in [-0.39, 0.29) is 11.8 Å². The summed E-state index contributed by atoms with van der Waals surface area (Å²) in [6, 6.07) is 5.07. The van der Waals surface area contributed by atoms with Gasteiger partial charge in [0.25, 0.3) is 0 Å². The van der Waals surface area contributed by atoms with Gasteiger partial charge in [0.2, 0.25) is 5.91 Å². The number of hydrogen-bond donors (Lipinski definition) is 2. The van der Waals surface area contributed by atoms with Gasteiger partial charge in [-0.15, -0.1) is 0 Å². The molecule has 3 amide bonds. The number of benzene rings is 1. The van der Waals surface area contributed by atoms with E-state index in [4.69, 9.17) is 0 Å². The van der Waals surface area contributed by atoms with E-state index in [9.17, 15) is 9.59 Å². The van der Waals surface area contributed by atoms with Crippen LogP contribution in [0.25, 0.3) is 0 Å². The number of imide groups is 1. The third-order valence-corrected chi connectivity index (χ3v) is 3.11. The summed E-state index contributed by atoms with van der Waals surface area (Å²) < 4.78 is 0.954. The second-order valence-electron chi connectivity index (χ2n) is 4.18. The van der Waals surface area contributed by atoms with Crippen molar-refractivity contribution in [3.63, 3.8) is 0 Å². The van der Waals surface area contributed by atoms with Crippen molar-refractivity contribution in [3.8, 4) is 0 Å². The van der Waals surface area contributed by atoms with Crippen LogP contribution in [-0.4, -0.2) is 11.9 Å². The van der Waals surface area contributed by atoms with Gasteiger partial charge in [-0.1, -0.05) is 15.9 Å². The van der Waals surface area contributed by atoms with Crippen molar-refractivity contribution >= 4 is 33.6 Å². The predicted molar refractivity (Wildman–Crippen MR) is 68.8 cm³/mol. The maximum absolute atomic E-state index is 11.5. The lowest BCUT2D eigenvalue weighted by molar-refractivity contribution is -0.121. The number of aryl methyl sites for hydroxylation is 1. The largest absolute Gasteiger partial charge is 0.325 e. The number of urea groups is 1. The minimum absolute atomic E-state index is 0.0340. The topological polar surface area (TPSA) is 58.2 Å². The second kappa shape index (κ2) is 4.87. The molecule has 0 aromatic heterocycles. The fourth-order valence-corrected chi connectivity index (χ4v) is 1.96. The Labute approximate surface area is 108 Å². The molecule has 0 heterocycles. The van der Waals surface area contributed by atoms with Crippen LogP contribution in [-0.2, 0) is 4.79 Å². The van der Waals surface area contributed by atoms with Crippen LogP contribution in [0, 0.1) is 12.8 Å². The molecule has 1 aliphatic rings. The maximum Gasteiger partial charge on any atom is 0.325 e. The fourth-order valence-electron chi connectivity index (χ4n) is 1.48. The Morgan fingerprint density at radius 3 is 2.65 bits per heavy atom. The molecule has 4 nitrogen and oxygen atoms in total. The van der Waals surface area contributed by atoms with Crippen molar-refractivity contribution in [2.24, 2.45) is 5.92 Å². The highest BCUT2D eigenvalue weighted by molar-refractivity contribution is 9.10. The van der Waals surface area contributed by atoms with Crippen molar-refractivity contribution in [2.45, 2.75) is 19.8 Å². The van der Waals surface area contributed by atoms with Crippen LogP contribution in [0.15, 0.2) is 22.7 Å². The molecule has 1 aromatic carbocycles. The minimum Gasteiger partial charge on any atom is -0.307 e. The van der Waals surface area contributed by atoms with E-state index < -0.39 is 6.03 Å². The molecule has 1 fully saturated rings. The van der Waals surface area contributed by atoms with Gasteiger partial charge in [-0.2, -0.15) is 0 Å². The van der Waals surface area contributed by atoms with Crippen LogP contribution in [0.1, 0.15) is 18.4 Å². The molecule has 0 aliphatic heterocycles. The van der Waals surface area contributed by atoms with E-state index >= 15 is 0 Å². The van der Waals surface area contributed by atoms with E-state index in [1.165, 1.54) is 0 Å². The molecule has 2 rings (SSSR count). The Morgan fingerprint density at radius 1 is 1.35 bits per heavy atom. The van der Waals surface area contributed by atoms with Crippen LogP contribution in [0.4, 0.5) is 10.5 Å². The Kier molecular flexibility index (Phi) is 3.47. The lowest BCUT2D eigenvalue weighted by Gasteiger charge is -2.09. The molecule has 0 saturated heterocycles. The first-order chi connectivity index (χ1) is 8.06. The first-order valence-corrected chi connectivity index (χ1v) is 6.23. The summed E-state index contributed by atoms with van der Waals surface area (Å²) >= 11 is 3.35. The summed E-state index contributed by atoms with van der Waals surface area (Å²) in [7, 11) is 0. The SMILES string of the molecule is Cc1cc(Br)ccc1NC(=O)NC(=O)C1CC1. The number of rotatable bonds is 2. The molecule has 17 heavy (non-hydrogen) atoms. The molecule has 0 bridgehead atoms. The average Bonchev–Trinajstić information content (AvgIpc) is 3.05. The molecule has 1 aromatic rings. The zero-order valence-electron chi connectivity index (χ0n) is 9.42. The average molecular weight is 297 g/mol. The molecule has 0 atom stereocenters. The smallest absolute Gasteiger partial charge is 0.307 e. The quantitative estimate of drug-likeness (QED) is 0.882. The van der Waals surface area contributed by atoms with E-state index in [0.29, 0.717) is 5.69 Å². The van der Waals surface area contributed by atoms with Crippen LogP contribution in [0.3, 0.4) is 0 Å². The zero-order chi connectivity index (χ0) is 12.4. The fraction of sp³-hybridized carbons (Fsp3) is 0.333. The van der Waals surface area contributed by atoms with Crippen LogP contribution in [0.5, 0.6) is 0 Å². The van der Waals surface area contributed by atoms with Crippen molar-refractivity contribution in [1.82, 2.24) is 5.32 Å². The van der Waals surface area contributed by atoms with Gasteiger partial charge in [0.1, 0.15) is 0 Å². The summed E-state index contributed by atoms with van der Waals surface area (Å²) in [4.78, 5) is 22.9. The number of amides is 3. The number of carbonyl (C=O) groups is 2. The van der Waals surface area contributed by atoms with Gasteiger partial charge in [0, 0.05) is 16.1 Å². The summed E-state index contributed by atoms with van der Waals surface area (Å²) in [5, 5.41) is 4.99. The highest BCUT2D eigenvalue weighted by Crippen LogP contribution is 2.28. The zero-order valence-corrected chi connectivity index (χ0v) is 11.0. The number of halogens is 1. The van der Waals surface area contributed by atoms with Gasteiger partial charge in [-0.3, -0.25) is 10.1 Å². The van der Waals surface area contributed by atoms with E-state index in [1.54, 1.807) is 6.07 Å². The Bertz CT molecular complexity index is 470. The number of anilines is 1. The molecule has 5 heteroatoms. The Hall–Kier alpha value is -1.36. The second-order valence-corrected chi connectivity index (χ2v) is 5.09. The number of nitrogens with one attached hydrogen (secondary N) is 2. The lowest BCUT2D eigenvalue weighted by Crippen LogP contribution is -2.35. The molecule has 0 spiro atoms. The summed E-state index contributed by atoms with van der Waals surface area (Å²) in [5.74, 6) is -0.149. The monoisotopic (exact) mass is 296 g/mol. The van der Waals surface area contributed by atoms with Gasteiger partial charge in [-0.25, -0.2) is 4.79 Å². The van der Waals surface area contributed by atoms with Crippen molar-refractivity contribution < 1.29 is 9.59 Å². The standard InChI is InChI=1S/C12H13BrN2O2/c1-7-6-9(13)4-5-10(7)14-12(17)15-11(16)8-2-3-8/h4-6,8H,2-3H2,1H3,(H2,14,15,16,17). The molecule has 0 radical (unpaired) electrons. The van der Waals surface area contributed by atoms with Gasteiger partial charge in [-0.05, 0) is 43.5 Å². The van der Waals surface area contributed by atoms with Gasteiger partial charge < -0.3 is 5.32 Å². The maximum atomic E-state index is 11.5. The van der Waals surface area contributed by atoms with Crippen LogP contribution >= 0.6 is 15.9 Å². The highest BCUT2D eigenvalue weighted by Gasteiger charge is 2.30. The summed E-state index contributed by atoms with van der Waals surface area (Å²) in [6.45, 7) is 1.89. The Morgan fingerprint density at radius 2 is 2.06 bits per heavy atom. The van der Waals surface area contributed by atoms with Crippen molar-refractivity contribution in [2.75, 3.05) is 5.32 Å². The highest BCUT2D eigenvalue weighted by atomic mass is 79.9. The van der Waals surface area contributed by atoms with Crippen molar-refractivity contribution in [1.29, 1.82) is 0 Å². The minimum atomic E-state index is -0.465. The molecule has 1 aliphatic carbocycles. The molecular formula is C12H13BrN2O2. The third-order valence-electron chi connectivity index (χ3n) is 2.62. The van der Waals surface area contributed by atoms with E-state index in [0.717, 1.165) is 22.9 Å². The molecule has 2 N–H and O–H groups in total. The number of hydrogen-bond acceptors (Lipinski definition) is 2. The third kappa shape index (κ3) is 3.30. The molecular weight excluding hydrogens is 284 g/mol. The summed E-state index contributed by atoms with van der Waals surface area (Å²) in [6.07, 6.45) is 1.77. The molecule has 0 unspecified atom stereocenters. The first-order valence-electron chi connectivity index (χ1n) is 5.44. The first kappa shape index (κ1) is 12.1. The Balaban J connectivity index is 1.95.